The summed E-state index contributed by atoms with van der Waals surface area (Å²) in [5.41, 5.74) is 3.40. The Balaban J connectivity index is 2.65. The standard InChI is InChI=1S/C13H17N3O/c1-8-6-10-11(7-9(8)2)16(15-14-10)12(17)13(3,4)5/h6-7H,1-5H3. The number of aryl methyl sites for hydroxylation is 2. The van der Waals surface area contributed by atoms with Gasteiger partial charge in [0.1, 0.15) is 5.52 Å². The summed E-state index contributed by atoms with van der Waals surface area (Å²) < 4.78 is 1.40. The maximum absolute atomic E-state index is 12.2. The molecule has 1 aromatic heterocycles. The van der Waals surface area contributed by atoms with Crippen LogP contribution in [-0.2, 0) is 0 Å². The van der Waals surface area contributed by atoms with Gasteiger partial charge >= 0.3 is 0 Å². The van der Waals surface area contributed by atoms with Gasteiger partial charge in [-0.15, -0.1) is 5.10 Å². The van der Waals surface area contributed by atoms with Gasteiger partial charge in [0.15, 0.2) is 0 Å². The number of carbonyl (C=O) groups is 1. The van der Waals surface area contributed by atoms with Gasteiger partial charge in [0.25, 0.3) is 5.91 Å². The molecule has 0 fully saturated rings. The average Bonchev–Trinajstić information content (AvgIpc) is 2.59. The van der Waals surface area contributed by atoms with E-state index in [2.05, 4.69) is 10.3 Å². The molecule has 0 amide bonds. The van der Waals surface area contributed by atoms with Gasteiger partial charge in [0.05, 0.1) is 5.52 Å². The Bertz CT molecular complexity index is 590. The Morgan fingerprint density at radius 2 is 1.76 bits per heavy atom. The molecule has 4 nitrogen and oxygen atoms in total. The van der Waals surface area contributed by atoms with Crippen molar-refractivity contribution in [1.82, 2.24) is 15.0 Å². The van der Waals surface area contributed by atoms with Gasteiger partial charge < -0.3 is 0 Å². The highest BCUT2D eigenvalue weighted by Gasteiger charge is 2.25. The molecule has 2 rings (SSSR count). The maximum atomic E-state index is 12.2. The highest BCUT2D eigenvalue weighted by atomic mass is 16.2. The highest BCUT2D eigenvalue weighted by molar-refractivity contribution is 5.92. The fourth-order valence-corrected chi connectivity index (χ4v) is 1.64. The van der Waals surface area contributed by atoms with Crippen LogP contribution < -0.4 is 0 Å². The van der Waals surface area contributed by atoms with Gasteiger partial charge in [-0.3, -0.25) is 4.79 Å². The number of hydrogen-bond donors (Lipinski definition) is 0. The van der Waals surface area contributed by atoms with E-state index in [-0.39, 0.29) is 5.91 Å². The summed E-state index contributed by atoms with van der Waals surface area (Å²) >= 11 is 0. The van der Waals surface area contributed by atoms with Crippen molar-refractivity contribution in [3.8, 4) is 0 Å². The van der Waals surface area contributed by atoms with E-state index in [0.717, 1.165) is 22.2 Å². The number of rotatable bonds is 0. The summed E-state index contributed by atoms with van der Waals surface area (Å²) in [4.78, 5) is 12.2. The van der Waals surface area contributed by atoms with Gasteiger partial charge in [-0.25, -0.2) is 0 Å². The molecule has 0 bridgehead atoms. The van der Waals surface area contributed by atoms with Crippen LogP contribution in [0, 0.1) is 19.3 Å². The number of fused-ring (bicyclic) bond motifs is 1. The van der Waals surface area contributed by atoms with Crippen LogP contribution in [0.2, 0.25) is 0 Å². The Morgan fingerprint density at radius 3 is 2.35 bits per heavy atom. The predicted molar refractivity (Wildman–Crippen MR) is 67.1 cm³/mol. The second-order valence-corrected chi connectivity index (χ2v) is 5.48. The van der Waals surface area contributed by atoms with E-state index in [1.165, 1.54) is 4.68 Å². The molecule has 0 saturated heterocycles. The summed E-state index contributed by atoms with van der Waals surface area (Å²) in [6.07, 6.45) is 0. The minimum absolute atomic E-state index is 0.0387. The van der Waals surface area contributed by atoms with E-state index < -0.39 is 5.41 Å². The first-order valence-corrected chi connectivity index (χ1v) is 5.68. The Labute approximate surface area is 101 Å². The van der Waals surface area contributed by atoms with Gasteiger partial charge in [-0.1, -0.05) is 26.0 Å². The van der Waals surface area contributed by atoms with Crippen LogP contribution in [0.1, 0.15) is 36.7 Å². The normalized spacial score (nSPS) is 12.1. The first kappa shape index (κ1) is 11.8. The molecule has 4 heteroatoms. The molecule has 0 saturated carbocycles. The lowest BCUT2D eigenvalue weighted by Gasteiger charge is -2.15. The third-order valence-electron chi connectivity index (χ3n) is 2.89. The van der Waals surface area contributed by atoms with Gasteiger partial charge in [-0.05, 0) is 37.1 Å². The minimum atomic E-state index is -0.459. The van der Waals surface area contributed by atoms with Crippen LogP contribution >= 0.6 is 0 Å². The molecule has 0 spiro atoms. The second-order valence-electron chi connectivity index (χ2n) is 5.48. The lowest BCUT2D eigenvalue weighted by atomic mass is 9.95. The van der Waals surface area contributed by atoms with Crippen LogP contribution in [0.25, 0.3) is 11.0 Å². The molecule has 0 atom stereocenters. The number of carbonyl (C=O) groups excluding carboxylic acids is 1. The Hall–Kier alpha value is -1.71. The van der Waals surface area contributed by atoms with Crippen LogP contribution in [-0.4, -0.2) is 20.9 Å². The molecule has 17 heavy (non-hydrogen) atoms. The second kappa shape index (κ2) is 3.65. The molecular formula is C13H17N3O. The van der Waals surface area contributed by atoms with Crippen molar-refractivity contribution < 1.29 is 4.79 Å². The highest BCUT2D eigenvalue weighted by Crippen LogP contribution is 2.21. The fourth-order valence-electron chi connectivity index (χ4n) is 1.64. The minimum Gasteiger partial charge on any atom is -0.272 e. The third kappa shape index (κ3) is 1.95. The quantitative estimate of drug-likeness (QED) is 0.700. The van der Waals surface area contributed by atoms with E-state index in [1.54, 1.807) is 0 Å². The van der Waals surface area contributed by atoms with Crippen molar-refractivity contribution in [3.05, 3.63) is 23.3 Å². The van der Waals surface area contributed by atoms with Crippen molar-refractivity contribution in [3.63, 3.8) is 0 Å². The number of aromatic nitrogens is 3. The van der Waals surface area contributed by atoms with Crippen molar-refractivity contribution in [1.29, 1.82) is 0 Å². The summed E-state index contributed by atoms with van der Waals surface area (Å²) in [5, 5.41) is 8.01. The Kier molecular flexibility index (Phi) is 2.53. The summed E-state index contributed by atoms with van der Waals surface area (Å²) in [7, 11) is 0. The monoisotopic (exact) mass is 231 g/mol. The largest absolute Gasteiger partial charge is 0.272 e. The zero-order chi connectivity index (χ0) is 12.8. The lowest BCUT2D eigenvalue weighted by Crippen LogP contribution is -2.27. The van der Waals surface area contributed by atoms with E-state index in [0.29, 0.717) is 0 Å². The van der Waals surface area contributed by atoms with Crippen LogP contribution in [0.4, 0.5) is 0 Å². The maximum Gasteiger partial charge on any atom is 0.254 e. The zero-order valence-electron chi connectivity index (χ0n) is 10.9. The molecule has 90 valence electrons. The van der Waals surface area contributed by atoms with Crippen molar-refractivity contribution >= 4 is 16.9 Å². The zero-order valence-corrected chi connectivity index (χ0v) is 10.9. The fraction of sp³-hybridized carbons (Fsp3) is 0.462. The van der Waals surface area contributed by atoms with Crippen LogP contribution in [0.5, 0.6) is 0 Å². The molecule has 0 radical (unpaired) electrons. The SMILES string of the molecule is Cc1cc2nnn(C(=O)C(C)(C)C)c2cc1C. The van der Waals surface area contributed by atoms with E-state index >= 15 is 0 Å². The summed E-state index contributed by atoms with van der Waals surface area (Å²) in [6, 6.07) is 3.93. The molecule has 0 unspecified atom stereocenters. The number of hydrogen-bond acceptors (Lipinski definition) is 3. The van der Waals surface area contributed by atoms with E-state index in [9.17, 15) is 4.79 Å². The van der Waals surface area contributed by atoms with E-state index in [1.807, 2.05) is 46.8 Å². The van der Waals surface area contributed by atoms with Crippen molar-refractivity contribution in [2.24, 2.45) is 5.41 Å². The smallest absolute Gasteiger partial charge is 0.254 e. The molecule has 1 aromatic carbocycles. The molecule has 0 aliphatic carbocycles. The van der Waals surface area contributed by atoms with Gasteiger partial charge in [-0.2, -0.15) is 4.68 Å². The Morgan fingerprint density at radius 1 is 1.18 bits per heavy atom. The number of nitrogens with zero attached hydrogens (tertiary/aromatic N) is 3. The van der Waals surface area contributed by atoms with E-state index in [4.69, 9.17) is 0 Å². The van der Waals surface area contributed by atoms with Crippen molar-refractivity contribution in [2.75, 3.05) is 0 Å². The summed E-state index contributed by atoms with van der Waals surface area (Å²) in [6.45, 7) is 9.69. The van der Waals surface area contributed by atoms with Crippen LogP contribution in [0.15, 0.2) is 12.1 Å². The first-order valence-electron chi connectivity index (χ1n) is 5.68. The first-order chi connectivity index (χ1) is 7.80. The predicted octanol–water partition coefficient (Wildman–Crippen LogP) is 2.73. The molecule has 0 aliphatic heterocycles. The van der Waals surface area contributed by atoms with Gasteiger partial charge in [0.2, 0.25) is 0 Å². The van der Waals surface area contributed by atoms with Gasteiger partial charge in [0, 0.05) is 5.41 Å². The number of benzene rings is 1. The third-order valence-corrected chi connectivity index (χ3v) is 2.89. The topological polar surface area (TPSA) is 47.8 Å². The van der Waals surface area contributed by atoms with Crippen molar-refractivity contribution in [2.45, 2.75) is 34.6 Å². The lowest BCUT2D eigenvalue weighted by molar-refractivity contribution is 0.0752. The molecule has 0 N–H and O–H groups in total. The summed E-state index contributed by atoms with van der Waals surface area (Å²) in [5.74, 6) is -0.0387. The average molecular weight is 231 g/mol. The molecule has 1 heterocycles. The van der Waals surface area contributed by atoms with Crippen LogP contribution in [0.3, 0.4) is 0 Å². The molecule has 2 aromatic rings. The molecular weight excluding hydrogens is 214 g/mol. The molecule has 0 aliphatic rings.